The van der Waals surface area contributed by atoms with Gasteiger partial charge in [0.05, 0.1) is 11.7 Å². The highest BCUT2D eigenvalue weighted by atomic mass is 16.5. The molecule has 0 saturated carbocycles. The fraction of sp³-hybridized carbons (Fsp3) is 0.308. The Kier molecular flexibility index (Phi) is 6.12. The number of carbonyl (C=O) groups excluding carboxylic acids is 2. The summed E-state index contributed by atoms with van der Waals surface area (Å²) in [6.07, 6.45) is 1.75. The minimum absolute atomic E-state index is 0.0308. The third-order valence-electron chi connectivity index (χ3n) is 6.39. The number of hydrogen-bond donors (Lipinski definition) is 1. The van der Waals surface area contributed by atoms with Crippen LogP contribution < -0.4 is 10.3 Å². The van der Waals surface area contributed by atoms with E-state index in [-0.39, 0.29) is 23.8 Å². The van der Waals surface area contributed by atoms with Gasteiger partial charge < -0.3 is 14.7 Å². The summed E-state index contributed by atoms with van der Waals surface area (Å²) >= 11 is 0. The van der Waals surface area contributed by atoms with Crippen LogP contribution in [0.25, 0.3) is 0 Å². The van der Waals surface area contributed by atoms with Gasteiger partial charge in [-0.15, -0.1) is 0 Å². The maximum absolute atomic E-state index is 13.4. The number of hydrogen-bond acceptors (Lipinski definition) is 6. The molecule has 0 spiro atoms. The number of benzene rings is 2. The summed E-state index contributed by atoms with van der Waals surface area (Å²) in [5.74, 6) is 0.772. The second-order valence-corrected chi connectivity index (χ2v) is 8.74. The maximum atomic E-state index is 13.4. The predicted molar refractivity (Wildman–Crippen MR) is 129 cm³/mol. The van der Waals surface area contributed by atoms with E-state index in [9.17, 15) is 9.59 Å². The number of nitrogens with one attached hydrogen (secondary N) is 1. The number of hydrazone groups is 1. The Morgan fingerprint density at radius 1 is 1.00 bits per heavy atom. The summed E-state index contributed by atoms with van der Waals surface area (Å²) in [6.45, 7) is 2.82. The molecule has 174 valence electrons. The van der Waals surface area contributed by atoms with Gasteiger partial charge in [0.15, 0.2) is 5.82 Å². The Morgan fingerprint density at radius 2 is 1.68 bits per heavy atom. The molecule has 2 aliphatic heterocycles. The topological polar surface area (TPSA) is 91.0 Å². The predicted octanol–water partition coefficient (Wildman–Crippen LogP) is 4.17. The van der Waals surface area contributed by atoms with E-state index in [0.29, 0.717) is 49.6 Å². The highest BCUT2D eigenvalue weighted by Gasteiger charge is 2.36. The summed E-state index contributed by atoms with van der Waals surface area (Å²) < 4.78 is 5.00. The molecule has 5 rings (SSSR count). The Labute approximate surface area is 198 Å². The second kappa shape index (κ2) is 9.51. The minimum Gasteiger partial charge on any atom is -0.360 e. The lowest BCUT2D eigenvalue weighted by atomic mass is 9.95. The first-order chi connectivity index (χ1) is 16.6. The van der Waals surface area contributed by atoms with Crippen LogP contribution in [0.1, 0.15) is 36.6 Å². The van der Waals surface area contributed by atoms with Gasteiger partial charge in [0.1, 0.15) is 11.5 Å². The van der Waals surface area contributed by atoms with Crippen LogP contribution in [0.5, 0.6) is 0 Å². The van der Waals surface area contributed by atoms with Crippen molar-refractivity contribution >= 4 is 29.0 Å². The molecule has 0 aliphatic carbocycles. The largest absolute Gasteiger partial charge is 0.360 e. The van der Waals surface area contributed by atoms with Crippen LogP contribution in [0, 0.1) is 12.8 Å². The van der Waals surface area contributed by atoms with Crippen molar-refractivity contribution in [3.05, 3.63) is 78.1 Å². The summed E-state index contributed by atoms with van der Waals surface area (Å²) in [5.41, 5.74) is 2.63. The zero-order chi connectivity index (χ0) is 23.5. The van der Waals surface area contributed by atoms with Crippen LogP contribution in [0.2, 0.25) is 0 Å². The van der Waals surface area contributed by atoms with Crippen molar-refractivity contribution < 1.29 is 14.1 Å². The first kappa shape index (κ1) is 21.9. The van der Waals surface area contributed by atoms with Gasteiger partial charge in [-0.05, 0) is 37.5 Å². The molecule has 1 atom stereocenters. The number of nitrogens with zero attached hydrogens (tertiary/aromatic N) is 4. The Hall–Kier alpha value is -3.94. The molecular weight excluding hydrogens is 430 g/mol. The number of piperidine rings is 1. The summed E-state index contributed by atoms with van der Waals surface area (Å²) in [5, 5.41) is 13.3. The number of anilines is 2. The van der Waals surface area contributed by atoms with Gasteiger partial charge in [-0.2, -0.15) is 5.10 Å². The van der Waals surface area contributed by atoms with E-state index >= 15 is 0 Å². The maximum Gasteiger partial charge on any atom is 0.270 e. The number of aryl methyl sites for hydroxylation is 1. The van der Waals surface area contributed by atoms with Gasteiger partial charge in [0.25, 0.3) is 5.91 Å². The van der Waals surface area contributed by atoms with Crippen molar-refractivity contribution in [2.24, 2.45) is 11.0 Å². The molecule has 1 saturated heterocycles. The molecule has 1 N–H and O–H groups in total. The smallest absolute Gasteiger partial charge is 0.270 e. The van der Waals surface area contributed by atoms with Gasteiger partial charge in [-0.25, -0.2) is 0 Å². The molecule has 3 aromatic rings. The summed E-state index contributed by atoms with van der Waals surface area (Å²) in [4.78, 5) is 27.8. The molecule has 3 heterocycles. The number of aromatic nitrogens is 1. The average molecular weight is 458 g/mol. The number of para-hydroxylation sites is 1. The molecule has 1 unspecified atom stereocenters. The first-order valence-corrected chi connectivity index (χ1v) is 11.6. The van der Waals surface area contributed by atoms with Crippen LogP contribution in [0.4, 0.5) is 11.5 Å². The van der Waals surface area contributed by atoms with Crippen molar-refractivity contribution in [2.45, 2.75) is 32.2 Å². The van der Waals surface area contributed by atoms with Gasteiger partial charge >= 0.3 is 0 Å². The standard InChI is InChI=1S/C26H27N5O3/c1-18-16-24(29-34-18)27-25(32)20-12-14-30(15-13-20)26(33)22-17-23(19-8-4-2-5-9-19)31(28-22)21-10-6-3-7-11-21/h2-11,16,20,23H,12-15,17H2,1H3,(H,27,29,32). The summed E-state index contributed by atoms with van der Waals surface area (Å²) in [7, 11) is 0. The molecule has 2 amide bonds. The Balaban J connectivity index is 1.26. The van der Waals surface area contributed by atoms with Gasteiger partial charge in [0.2, 0.25) is 5.91 Å². The highest BCUT2D eigenvalue weighted by molar-refractivity contribution is 6.39. The molecule has 1 fully saturated rings. The third kappa shape index (κ3) is 4.57. The average Bonchev–Trinajstić information content (AvgIpc) is 3.51. The molecule has 2 aliphatic rings. The zero-order valence-corrected chi connectivity index (χ0v) is 19.1. The van der Waals surface area contributed by atoms with E-state index in [0.717, 1.165) is 11.3 Å². The van der Waals surface area contributed by atoms with Gasteiger partial charge in [-0.3, -0.25) is 14.6 Å². The normalized spacial score (nSPS) is 18.6. The number of amides is 2. The van der Waals surface area contributed by atoms with E-state index in [1.54, 1.807) is 13.0 Å². The number of likely N-dealkylation sites (tertiary alicyclic amines) is 1. The van der Waals surface area contributed by atoms with E-state index in [2.05, 4.69) is 22.6 Å². The van der Waals surface area contributed by atoms with E-state index in [4.69, 9.17) is 9.62 Å². The fourth-order valence-corrected chi connectivity index (χ4v) is 4.57. The van der Waals surface area contributed by atoms with E-state index in [1.807, 2.05) is 58.4 Å². The molecule has 8 heteroatoms. The van der Waals surface area contributed by atoms with E-state index < -0.39 is 0 Å². The fourth-order valence-electron chi connectivity index (χ4n) is 4.57. The molecular formula is C26H27N5O3. The van der Waals surface area contributed by atoms with Crippen LogP contribution in [0.3, 0.4) is 0 Å². The lowest BCUT2D eigenvalue weighted by molar-refractivity contribution is -0.128. The SMILES string of the molecule is Cc1cc(NC(=O)C2CCN(C(=O)C3=NN(c4ccccc4)C(c4ccccc4)C3)CC2)no1. The van der Waals surface area contributed by atoms with Gasteiger partial charge in [-0.1, -0.05) is 53.7 Å². The zero-order valence-electron chi connectivity index (χ0n) is 19.1. The van der Waals surface area contributed by atoms with Crippen LogP contribution >= 0.6 is 0 Å². The Morgan fingerprint density at radius 3 is 2.32 bits per heavy atom. The van der Waals surface area contributed by atoms with Crippen molar-refractivity contribution in [2.75, 3.05) is 23.4 Å². The van der Waals surface area contributed by atoms with Crippen molar-refractivity contribution in [3.8, 4) is 0 Å². The van der Waals surface area contributed by atoms with Crippen molar-refractivity contribution in [1.82, 2.24) is 10.1 Å². The van der Waals surface area contributed by atoms with Crippen LogP contribution in [-0.4, -0.2) is 40.7 Å². The first-order valence-electron chi connectivity index (χ1n) is 11.6. The molecule has 0 radical (unpaired) electrons. The summed E-state index contributed by atoms with van der Waals surface area (Å²) in [6, 6.07) is 21.7. The van der Waals surface area contributed by atoms with Crippen molar-refractivity contribution in [1.29, 1.82) is 0 Å². The Bertz CT molecular complexity index is 1180. The monoisotopic (exact) mass is 457 g/mol. The lowest BCUT2D eigenvalue weighted by Gasteiger charge is -2.31. The molecule has 34 heavy (non-hydrogen) atoms. The molecule has 2 aromatic carbocycles. The number of rotatable bonds is 5. The van der Waals surface area contributed by atoms with Gasteiger partial charge in [0, 0.05) is 31.5 Å². The molecule has 0 bridgehead atoms. The second-order valence-electron chi connectivity index (χ2n) is 8.74. The van der Waals surface area contributed by atoms with Crippen LogP contribution in [0.15, 0.2) is 76.4 Å². The molecule has 1 aromatic heterocycles. The minimum atomic E-state index is -0.163. The molecule has 8 nitrogen and oxygen atoms in total. The number of carbonyl (C=O) groups is 2. The van der Waals surface area contributed by atoms with Crippen molar-refractivity contribution in [3.63, 3.8) is 0 Å². The van der Waals surface area contributed by atoms with Crippen LogP contribution in [-0.2, 0) is 9.59 Å². The quantitative estimate of drug-likeness (QED) is 0.621. The lowest BCUT2D eigenvalue weighted by Crippen LogP contribution is -2.44. The van der Waals surface area contributed by atoms with E-state index in [1.165, 1.54) is 0 Å². The highest BCUT2D eigenvalue weighted by Crippen LogP contribution is 2.35. The third-order valence-corrected chi connectivity index (χ3v) is 6.39.